The van der Waals surface area contributed by atoms with Crippen molar-refractivity contribution in [3.05, 3.63) is 47.5 Å². The van der Waals surface area contributed by atoms with E-state index >= 15 is 0 Å². The number of carbonyl (C=O) groups is 2. The first-order valence-corrected chi connectivity index (χ1v) is 8.78. The number of halogens is 1. The van der Waals surface area contributed by atoms with Gasteiger partial charge in [-0.25, -0.2) is 10.0 Å². The average Bonchev–Trinajstić information content (AvgIpc) is 2.70. The van der Waals surface area contributed by atoms with E-state index in [4.69, 9.17) is 21.1 Å². The van der Waals surface area contributed by atoms with E-state index in [1.54, 1.807) is 37.3 Å². The molecule has 0 bridgehead atoms. The molecule has 1 atom stereocenters. The molecule has 0 saturated carbocycles. The number of nitrogens with zero attached hydrogens (tertiary/aromatic N) is 2. The van der Waals surface area contributed by atoms with Gasteiger partial charge in [0, 0.05) is 6.07 Å². The van der Waals surface area contributed by atoms with Crippen LogP contribution in [-0.4, -0.2) is 37.9 Å². The van der Waals surface area contributed by atoms with Gasteiger partial charge in [0.25, 0.3) is 11.8 Å². The predicted molar refractivity (Wildman–Crippen MR) is 107 cm³/mol. The Morgan fingerprint density at radius 2 is 1.86 bits per heavy atom. The lowest BCUT2D eigenvalue weighted by atomic mass is 10.2. The van der Waals surface area contributed by atoms with Crippen LogP contribution in [0, 0.1) is 0 Å². The third-order valence-corrected chi connectivity index (χ3v) is 4.37. The highest BCUT2D eigenvalue weighted by molar-refractivity contribution is 6.43. The van der Waals surface area contributed by atoms with Crippen LogP contribution in [0.15, 0.2) is 47.5 Å². The van der Waals surface area contributed by atoms with E-state index in [1.807, 2.05) is 6.07 Å². The number of nitrogens with one attached hydrogen (secondary N) is 2. The van der Waals surface area contributed by atoms with Gasteiger partial charge in [0.1, 0.15) is 17.5 Å². The molecule has 2 aromatic rings. The van der Waals surface area contributed by atoms with Crippen molar-refractivity contribution in [1.29, 1.82) is 0 Å². The van der Waals surface area contributed by atoms with E-state index in [-0.39, 0.29) is 11.7 Å². The predicted octanol–water partition coefficient (Wildman–Crippen LogP) is 2.63. The van der Waals surface area contributed by atoms with E-state index in [9.17, 15) is 9.59 Å². The van der Waals surface area contributed by atoms with Crippen molar-refractivity contribution >= 4 is 40.6 Å². The normalized spacial score (nSPS) is 16.1. The molecule has 28 heavy (non-hydrogen) atoms. The molecular formula is C19H19ClN4O4. The number of hydrogen-bond acceptors (Lipinski definition) is 6. The number of hydrazine groups is 1. The van der Waals surface area contributed by atoms with Crippen LogP contribution in [0.1, 0.15) is 6.92 Å². The SMILES string of the molecule is COc1cc(OC)c(NC(=O)C2=NC(C)C(=O)N(c3ccccc3)N2)cc1Cl. The summed E-state index contributed by atoms with van der Waals surface area (Å²) >= 11 is 6.14. The second kappa shape index (κ2) is 8.18. The first-order chi connectivity index (χ1) is 13.4. The number of benzene rings is 2. The number of methoxy groups -OCH3 is 2. The zero-order chi connectivity index (χ0) is 20.3. The maximum Gasteiger partial charge on any atom is 0.292 e. The molecule has 3 rings (SSSR count). The summed E-state index contributed by atoms with van der Waals surface area (Å²) in [6, 6.07) is 11.3. The number of anilines is 2. The first kappa shape index (κ1) is 19.5. The Morgan fingerprint density at radius 3 is 2.50 bits per heavy atom. The summed E-state index contributed by atoms with van der Waals surface area (Å²) < 4.78 is 10.4. The van der Waals surface area contributed by atoms with Gasteiger partial charge in [-0.3, -0.25) is 15.0 Å². The van der Waals surface area contributed by atoms with E-state index < -0.39 is 11.9 Å². The highest BCUT2D eigenvalue weighted by Crippen LogP contribution is 2.35. The third-order valence-electron chi connectivity index (χ3n) is 4.07. The molecule has 1 unspecified atom stereocenters. The summed E-state index contributed by atoms with van der Waals surface area (Å²) in [6.07, 6.45) is 0. The zero-order valence-electron chi connectivity index (χ0n) is 15.5. The van der Waals surface area contributed by atoms with Crippen LogP contribution >= 0.6 is 11.6 Å². The van der Waals surface area contributed by atoms with Gasteiger partial charge in [0.15, 0.2) is 0 Å². The Hall–Kier alpha value is -3.26. The number of amidine groups is 1. The van der Waals surface area contributed by atoms with E-state index in [0.717, 1.165) is 0 Å². The molecule has 146 valence electrons. The summed E-state index contributed by atoms with van der Waals surface area (Å²) in [5, 5.41) is 4.30. The molecule has 0 radical (unpaired) electrons. The van der Waals surface area contributed by atoms with E-state index in [2.05, 4.69) is 15.7 Å². The Labute approximate surface area is 167 Å². The minimum Gasteiger partial charge on any atom is -0.495 e. The fourth-order valence-corrected chi connectivity index (χ4v) is 2.88. The molecule has 1 aliphatic heterocycles. The van der Waals surface area contributed by atoms with E-state index in [1.165, 1.54) is 25.3 Å². The number of carbonyl (C=O) groups excluding carboxylic acids is 2. The number of ether oxygens (including phenoxy) is 2. The van der Waals surface area contributed by atoms with Crippen molar-refractivity contribution in [2.24, 2.45) is 4.99 Å². The first-order valence-electron chi connectivity index (χ1n) is 8.41. The molecule has 0 saturated heterocycles. The molecule has 0 aromatic heterocycles. The number of hydrogen-bond donors (Lipinski definition) is 2. The van der Waals surface area contributed by atoms with Gasteiger partial charge in [-0.2, -0.15) is 0 Å². The summed E-state index contributed by atoms with van der Waals surface area (Å²) in [5.41, 5.74) is 3.72. The molecule has 9 heteroatoms. The second-order valence-corrected chi connectivity index (χ2v) is 6.32. The molecular weight excluding hydrogens is 384 g/mol. The summed E-state index contributed by atoms with van der Waals surface area (Å²) in [4.78, 5) is 29.3. The molecule has 8 nitrogen and oxygen atoms in total. The van der Waals surface area contributed by atoms with Crippen LogP contribution in [0.3, 0.4) is 0 Å². The molecule has 1 aliphatic rings. The van der Waals surface area contributed by atoms with Gasteiger partial charge in [-0.15, -0.1) is 0 Å². The average molecular weight is 403 g/mol. The maximum absolute atomic E-state index is 12.8. The molecule has 0 fully saturated rings. The smallest absolute Gasteiger partial charge is 0.292 e. The lowest BCUT2D eigenvalue weighted by Crippen LogP contribution is -2.57. The monoisotopic (exact) mass is 402 g/mol. The lowest BCUT2D eigenvalue weighted by molar-refractivity contribution is -0.120. The molecule has 2 aromatic carbocycles. The van der Waals surface area contributed by atoms with Gasteiger partial charge in [-0.1, -0.05) is 29.8 Å². The van der Waals surface area contributed by atoms with Gasteiger partial charge < -0.3 is 14.8 Å². The molecule has 1 heterocycles. The Bertz CT molecular complexity index is 933. The van der Waals surface area contributed by atoms with Crippen molar-refractivity contribution in [3.63, 3.8) is 0 Å². The fourth-order valence-electron chi connectivity index (χ4n) is 2.64. The van der Waals surface area contributed by atoms with Gasteiger partial charge in [0.2, 0.25) is 5.84 Å². The van der Waals surface area contributed by atoms with Gasteiger partial charge >= 0.3 is 0 Å². The fraction of sp³-hybridized carbons (Fsp3) is 0.211. The van der Waals surface area contributed by atoms with Crippen LogP contribution in [0.5, 0.6) is 11.5 Å². The summed E-state index contributed by atoms with van der Waals surface area (Å²) in [5.74, 6) is -0.0354. The van der Waals surface area contributed by atoms with Gasteiger partial charge in [-0.05, 0) is 25.1 Å². The third kappa shape index (κ3) is 3.86. The van der Waals surface area contributed by atoms with Crippen LogP contribution in [0.4, 0.5) is 11.4 Å². The highest BCUT2D eigenvalue weighted by Gasteiger charge is 2.31. The number of aliphatic imine (C=N–C) groups is 1. The number of rotatable bonds is 5. The number of para-hydroxylation sites is 1. The Balaban J connectivity index is 1.85. The second-order valence-electron chi connectivity index (χ2n) is 5.92. The summed E-state index contributed by atoms with van der Waals surface area (Å²) in [6.45, 7) is 1.62. The summed E-state index contributed by atoms with van der Waals surface area (Å²) in [7, 11) is 2.95. The van der Waals surface area contributed by atoms with E-state index in [0.29, 0.717) is 27.9 Å². The van der Waals surface area contributed by atoms with Crippen LogP contribution in [-0.2, 0) is 9.59 Å². The van der Waals surface area contributed by atoms with Crippen molar-refractivity contribution in [2.45, 2.75) is 13.0 Å². The minimum atomic E-state index is -0.719. The topological polar surface area (TPSA) is 92.3 Å². The zero-order valence-corrected chi connectivity index (χ0v) is 16.3. The molecule has 2 N–H and O–H groups in total. The minimum absolute atomic E-state index is 0.00931. The highest BCUT2D eigenvalue weighted by atomic mass is 35.5. The van der Waals surface area contributed by atoms with Crippen LogP contribution < -0.4 is 25.2 Å². The standard InChI is InChI=1S/C19H19ClN4O4/c1-11-19(26)24(12-7-5-4-6-8-12)23-17(21-11)18(25)22-14-9-13(20)15(27-2)10-16(14)28-3/h4-11H,1-3H3,(H,21,23)(H,22,25). The van der Waals surface area contributed by atoms with Crippen LogP contribution in [0.25, 0.3) is 0 Å². The Morgan fingerprint density at radius 1 is 1.18 bits per heavy atom. The van der Waals surface area contributed by atoms with Crippen LogP contribution in [0.2, 0.25) is 5.02 Å². The lowest BCUT2D eigenvalue weighted by Gasteiger charge is -2.30. The van der Waals surface area contributed by atoms with Crippen molar-refractivity contribution in [2.75, 3.05) is 24.5 Å². The number of amides is 2. The molecule has 0 spiro atoms. The quantitative estimate of drug-likeness (QED) is 0.802. The van der Waals surface area contributed by atoms with Crippen molar-refractivity contribution < 1.29 is 19.1 Å². The van der Waals surface area contributed by atoms with Gasteiger partial charge in [0.05, 0.1) is 30.6 Å². The Kier molecular flexibility index (Phi) is 5.70. The maximum atomic E-state index is 12.8. The molecule has 2 amide bonds. The largest absolute Gasteiger partial charge is 0.495 e. The molecule has 0 aliphatic carbocycles. The van der Waals surface area contributed by atoms with Crippen molar-refractivity contribution in [3.8, 4) is 11.5 Å². The van der Waals surface area contributed by atoms with Crippen molar-refractivity contribution in [1.82, 2.24) is 5.43 Å².